The first-order valence-electron chi connectivity index (χ1n) is 10.2. The molecule has 2 aromatic carbocycles. The molecule has 0 radical (unpaired) electrons. The van der Waals surface area contributed by atoms with Crippen molar-refractivity contribution in [3.8, 4) is 0 Å². The largest absolute Gasteiger partial charge is 0.381 e. The van der Waals surface area contributed by atoms with Crippen molar-refractivity contribution in [1.29, 1.82) is 0 Å². The van der Waals surface area contributed by atoms with E-state index in [2.05, 4.69) is 27.2 Å². The molecule has 6 heteroatoms. The molecule has 148 valence electrons. The number of piperidine rings is 1. The fourth-order valence-corrected chi connectivity index (χ4v) is 5.83. The average molecular weight is 399 g/mol. The molecule has 0 saturated carbocycles. The summed E-state index contributed by atoms with van der Waals surface area (Å²) in [5.74, 6) is 0.887. The van der Waals surface area contributed by atoms with E-state index in [4.69, 9.17) is 5.73 Å². The van der Waals surface area contributed by atoms with Crippen molar-refractivity contribution in [3.63, 3.8) is 0 Å². The van der Waals surface area contributed by atoms with Crippen LogP contribution in [-0.2, 0) is 6.42 Å². The number of benzene rings is 2. The highest BCUT2D eigenvalue weighted by molar-refractivity contribution is 7.99. The van der Waals surface area contributed by atoms with Crippen LogP contribution in [0.4, 0.5) is 15.8 Å². The molecular weight excluding hydrogens is 371 g/mol. The quantitative estimate of drug-likeness (QED) is 0.820. The van der Waals surface area contributed by atoms with Crippen molar-refractivity contribution in [1.82, 2.24) is 4.90 Å². The maximum Gasteiger partial charge on any atom is 0.123 e. The molecule has 3 N–H and O–H groups in total. The topological polar surface area (TPSA) is 44.5 Å². The molecular formula is C22H27FN4S. The number of rotatable bonds is 4. The summed E-state index contributed by atoms with van der Waals surface area (Å²) in [6.45, 7) is 4.15. The third-order valence-electron chi connectivity index (χ3n) is 6.35. The van der Waals surface area contributed by atoms with E-state index in [-0.39, 0.29) is 11.9 Å². The lowest BCUT2D eigenvalue weighted by Crippen LogP contribution is -2.44. The predicted molar refractivity (Wildman–Crippen MR) is 115 cm³/mol. The zero-order valence-corrected chi connectivity index (χ0v) is 16.9. The van der Waals surface area contributed by atoms with Gasteiger partial charge in [0.1, 0.15) is 5.82 Å². The molecule has 0 spiro atoms. The molecule has 0 aromatic heterocycles. The molecule has 1 atom stereocenters. The Labute approximate surface area is 170 Å². The first-order valence-corrected chi connectivity index (χ1v) is 11.2. The summed E-state index contributed by atoms with van der Waals surface area (Å²) in [5, 5.41) is 3.55. The van der Waals surface area contributed by atoms with Crippen LogP contribution in [0.1, 0.15) is 30.0 Å². The van der Waals surface area contributed by atoms with Crippen molar-refractivity contribution in [2.75, 3.05) is 42.3 Å². The van der Waals surface area contributed by atoms with Gasteiger partial charge >= 0.3 is 0 Å². The molecule has 28 heavy (non-hydrogen) atoms. The smallest absolute Gasteiger partial charge is 0.123 e. The lowest BCUT2D eigenvalue weighted by Gasteiger charge is -2.38. The summed E-state index contributed by atoms with van der Waals surface area (Å²) in [6, 6.07) is 12.1. The van der Waals surface area contributed by atoms with Crippen LogP contribution in [0.3, 0.4) is 0 Å². The maximum absolute atomic E-state index is 13.1. The summed E-state index contributed by atoms with van der Waals surface area (Å²) in [5.41, 5.74) is 11.4. The Morgan fingerprint density at radius 3 is 2.68 bits per heavy atom. The Balaban J connectivity index is 1.21. The monoisotopic (exact) mass is 398 g/mol. The van der Waals surface area contributed by atoms with E-state index >= 15 is 0 Å². The van der Waals surface area contributed by atoms with Crippen LogP contribution in [0.5, 0.6) is 0 Å². The fourth-order valence-electron chi connectivity index (χ4n) is 4.69. The molecule has 3 aliphatic heterocycles. The second-order valence-corrected chi connectivity index (χ2v) is 9.04. The number of fused-ring (bicyclic) bond motifs is 3. The van der Waals surface area contributed by atoms with Crippen LogP contribution >= 0.6 is 11.8 Å². The Morgan fingerprint density at radius 2 is 1.89 bits per heavy atom. The second-order valence-electron chi connectivity index (χ2n) is 8.06. The number of likely N-dealkylation sites (tertiary alicyclic amines) is 1. The molecule has 0 amide bonds. The van der Waals surface area contributed by atoms with Crippen LogP contribution in [0.15, 0.2) is 41.3 Å². The van der Waals surface area contributed by atoms with Gasteiger partial charge in [-0.15, -0.1) is 11.8 Å². The molecule has 0 bridgehead atoms. The minimum atomic E-state index is -0.157. The van der Waals surface area contributed by atoms with Crippen molar-refractivity contribution in [2.24, 2.45) is 5.73 Å². The van der Waals surface area contributed by atoms with Crippen LogP contribution in [0.25, 0.3) is 0 Å². The minimum absolute atomic E-state index is 0.112. The molecule has 4 nitrogen and oxygen atoms in total. The van der Waals surface area contributed by atoms with Crippen molar-refractivity contribution in [3.05, 3.63) is 53.3 Å². The Morgan fingerprint density at radius 1 is 1.11 bits per heavy atom. The molecule has 1 unspecified atom stereocenters. The van der Waals surface area contributed by atoms with E-state index < -0.39 is 0 Å². The number of hydrogen-bond acceptors (Lipinski definition) is 5. The number of nitrogens with two attached hydrogens (primary N) is 1. The van der Waals surface area contributed by atoms with Crippen LogP contribution in [-0.4, -0.2) is 43.0 Å². The summed E-state index contributed by atoms with van der Waals surface area (Å²) in [6.07, 6.45) is 3.38. The first-order chi connectivity index (χ1) is 13.7. The number of thioether (sulfide) groups is 1. The minimum Gasteiger partial charge on any atom is -0.381 e. The zero-order valence-electron chi connectivity index (χ0n) is 16.0. The number of nitrogens with one attached hydrogen (secondary N) is 1. The van der Waals surface area contributed by atoms with Crippen molar-refractivity contribution < 1.29 is 4.39 Å². The predicted octanol–water partition coefficient (Wildman–Crippen LogP) is 3.83. The van der Waals surface area contributed by atoms with Gasteiger partial charge in [0.15, 0.2) is 0 Å². The van der Waals surface area contributed by atoms with E-state index in [9.17, 15) is 4.39 Å². The number of hydrogen-bond donors (Lipinski definition) is 2. The van der Waals surface area contributed by atoms with E-state index in [0.717, 1.165) is 38.5 Å². The normalized spacial score (nSPS) is 22.2. The molecule has 1 fully saturated rings. The first kappa shape index (κ1) is 18.3. The van der Waals surface area contributed by atoms with Gasteiger partial charge in [-0.3, -0.25) is 0 Å². The zero-order chi connectivity index (χ0) is 19.1. The molecule has 3 heterocycles. The SMILES string of the molecule is NC1CNc2c1ccc1c2N(C2CCN(CCc3ccc(F)cc3)CC2)CS1. The standard InChI is InChI=1S/C22H27FN4S/c23-16-3-1-15(2-4-16)7-10-26-11-8-17(9-12-26)27-14-28-20-6-5-18-19(24)13-25-21(18)22(20)27/h1-6,17,19,25H,7-14,24H2. The number of halogens is 1. The Bertz CT molecular complexity index is 848. The molecule has 1 saturated heterocycles. The lowest BCUT2D eigenvalue weighted by atomic mass is 10.0. The molecule has 0 aliphatic carbocycles. The van der Waals surface area contributed by atoms with E-state index in [1.165, 1.54) is 40.2 Å². The van der Waals surface area contributed by atoms with Crippen molar-refractivity contribution in [2.45, 2.75) is 36.2 Å². The second kappa shape index (κ2) is 7.58. The third kappa shape index (κ3) is 3.38. The fraction of sp³-hybridized carbons (Fsp3) is 0.455. The van der Waals surface area contributed by atoms with Crippen LogP contribution in [0, 0.1) is 5.82 Å². The van der Waals surface area contributed by atoms with Crippen molar-refractivity contribution >= 4 is 23.1 Å². The number of nitrogens with zero attached hydrogens (tertiary/aromatic N) is 2. The van der Waals surface area contributed by atoms with E-state index in [0.29, 0.717) is 6.04 Å². The number of anilines is 2. The maximum atomic E-state index is 13.1. The van der Waals surface area contributed by atoms with Gasteiger partial charge < -0.3 is 20.9 Å². The Hall–Kier alpha value is -1.76. The highest BCUT2D eigenvalue weighted by Crippen LogP contribution is 2.49. The Kier molecular flexibility index (Phi) is 4.95. The summed E-state index contributed by atoms with van der Waals surface area (Å²) < 4.78 is 13.1. The summed E-state index contributed by atoms with van der Waals surface area (Å²) in [4.78, 5) is 6.55. The molecule has 3 aliphatic rings. The average Bonchev–Trinajstić information content (AvgIpc) is 3.32. The highest BCUT2D eigenvalue weighted by Gasteiger charge is 2.34. The van der Waals surface area contributed by atoms with Gasteiger partial charge in [-0.1, -0.05) is 18.2 Å². The van der Waals surface area contributed by atoms with E-state index in [1.54, 1.807) is 12.1 Å². The van der Waals surface area contributed by atoms with Gasteiger partial charge in [-0.25, -0.2) is 4.39 Å². The van der Waals surface area contributed by atoms with Crippen LogP contribution in [0.2, 0.25) is 0 Å². The lowest BCUT2D eigenvalue weighted by molar-refractivity contribution is 0.213. The van der Waals surface area contributed by atoms with Crippen LogP contribution < -0.4 is 16.0 Å². The molecule has 5 rings (SSSR count). The van der Waals surface area contributed by atoms with Gasteiger partial charge in [-0.2, -0.15) is 0 Å². The van der Waals surface area contributed by atoms with Gasteiger partial charge in [0, 0.05) is 43.2 Å². The van der Waals surface area contributed by atoms with Gasteiger partial charge in [0.2, 0.25) is 0 Å². The highest BCUT2D eigenvalue weighted by atomic mass is 32.2. The van der Waals surface area contributed by atoms with Gasteiger partial charge in [-0.05, 0) is 48.6 Å². The third-order valence-corrected chi connectivity index (χ3v) is 7.39. The van der Waals surface area contributed by atoms with Gasteiger partial charge in [0.05, 0.1) is 17.3 Å². The van der Waals surface area contributed by atoms with E-state index in [1.807, 2.05) is 23.9 Å². The molecule has 2 aromatic rings. The van der Waals surface area contributed by atoms with Gasteiger partial charge in [0.25, 0.3) is 0 Å². The summed E-state index contributed by atoms with van der Waals surface area (Å²) in [7, 11) is 0. The summed E-state index contributed by atoms with van der Waals surface area (Å²) >= 11 is 1.95.